The van der Waals surface area contributed by atoms with Gasteiger partial charge in [-0.15, -0.1) is 22.7 Å². The maximum atomic E-state index is 2.35. The number of aryl methyl sites for hydroxylation is 1. The zero-order valence-corrected chi connectivity index (χ0v) is 13.1. The number of thiophene rings is 2. The van der Waals surface area contributed by atoms with Crippen LogP contribution in [-0.2, 0) is 0 Å². The zero-order chi connectivity index (χ0) is 14.0. The van der Waals surface area contributed by atoms with Gasteiger partial charge in [0.15, 0.2) is 0 Å². The van der Waals surface area contributed by atoms with E-state index in [-0.39, 0.29) is 0 Å². The second-order valence-electron chi connectivity index (χ2n) is 5.56. The van der Waals surface area contributed by atoms with E-state index in [9.17, 15) is 0 Å². The molecule has 0 aliphatic carbocycles. The largest absolute Gasteiger partial charge is 0.134 e. The smallest absolute Gasteiger partial charge is 0.0542 e. The maximum Gasteiger partial charge on any atom is 0.0542 e. The molecule has 2 aromatic heterocycles. The van der Waals surface area contributed by atoms with Crippen molar-refractivity contribution in [1.29, 1.82) is 0 Å². The number of rotatable bonds is 0. The van der Waals surface area contributed by atoms with Gasteiger partial charge < -0.3 is 0 Å². The van der Waals surface area contributed by atoms with Crippen molar-refractivity contribution in [1.82, 2.24) is 0 Å². The lowest BCUT2D eigenvalue weighted by Crippen LogP contribution is -1.70. The van der Waals surface area contributed by atoms with E-state index in [1.54, 1.807) is 0 Å². The van der Waals surface area contributed by atoms with Gasteiger partial charge >= 0.3 is 0 Å². The molecule has 0 aliphatic rings. The molecule has 0 saturated heterocycles. The fourth-order valence-electron chi connectivity index (χ4n) is 3.05. The van der Waals surface area contributed by atoms with E-state index in [0.29, 0.717) is 0 Å². The first kappa shape index (κ1) is 11.7. The molecule has 0 nitrogen and oxygen atoms in total. The van der Waals surface area contributed by atoms with Crippen LogP contribution in [0.15, 0.2) is 54.6 Å². The Morgan fingerprint density at radius 3 is 2.14 bits per heavy atom. The molecule has 100 valence electrons. The lowest BCUT2D eigenvalue weighted by Gasteiger charge is -1.97. The monoisotopic (exact) mass is 304 g/mol. The quantitative estimate of drug-likeness (QED) is 0.297. The summed E-state index contributed by atoms with van der Waals surface area (Å²) in [6.07, 6.45) is 0. The molecule has 0 unspecified atom stereocenters. The van der Waals surface area contributed by atoms with Crippen LogP contribution in [0, 0.1) is 6.92 Å². The molecule has 2 heteroatoms. The highest BCUT2D eigenvalue weighted by molar-refractivity contribution is 7.36. The van der Waals surface area contributed by atoms with Gasteiger partial charge in [0.1, 0.15) is 0 Å². The van der Waals surface area contributed by atoms with E-state index in [1.807, 2.05) is 22.7 Å². The molecular formula is C19H12S2. The molecule has 2 heterocycles. The van der Waals surface area contributed by atoms with Crippen LogP contribution in [0.1, 0.15) is 5.56 Å². The first-order valence-electron chi connectivity index (χ1n) is 7.04. The van der Waals surface area contributed by atoms with Crippen molar-refractivity contribution in [2.45, 2.75) is 6.92 Å². The molecule has 0 fully saturated rings. The molecule has 5 rings (SSSR count). The third-order valence-electron chi connectivity index (χ3n) is 4.10. The molecule has 0 saturated carbocycles. The van der Waals surface area contributed by atoms with E-state index in [0.717, 1.165) is 0 Å². The van der Waals surface area contributed by atoms with Crippen molar-refractivity contribution in [3.63, 3.8) is 0 Å². The minimum atomic E-state index is 1.33. The van der Waals surface area contributed by atoms with Crippen molar-refractivity contribution in [2.24, 2.45) is 0 Å². The van der Waals surface area contributed by atoms with E-state index in [4.69, 9.17) is 0 Å². The third-order valence-corrected chi connectivity index (χ3v) is 6.61. The van der Waals surface area contributed by atoms with Crippen molar-refractivity contribution in [3.8, 4) is 0 Å². The van der Waals surface area contributed by atoms with Gasteiger partial charge in [-0.1, -0.05) is 36.4 Å². The molecule has 5 aromatic rings. The van der Waals surface area contributed by atoms with E-state index < -0.39 is 0 Å². The van der Waals surface area contributed by atoms with Gasteiger partial charge in [0.05, 0.1) is 9.40 Å². The van der Waals surface area contributed by atoms with Gasteiger partial charge in [-0.2, -0.15) is 0 Å². The molecule has 0 amide bonds. The summed E-state index contributed by atoms with van der Waals surface area (Å²) in [5, 5.41) is 5.48. The topological polar surface area (TPSA) is 0 Å². The van der Waals surface area contributed by atoms with Crippen LogP contribution in [-0.4, -0.2) is 0 Å². The van der Waals surface area contributed by atoms with Crippen molar-refractivity contribution in [2.75, 3.05) is 0 Å². The van der Waals surface area contributed by atoms with E-state index in [2.05, 4.69) is 61.5 Å². The summed E-state index contributed by atoms with van der Waals surface area (Å²) in [5.41, 5.74) is 1.34. The van der Waals surface area contributed by atoms with Crippen molar-refractivity contribution < 1.29 is 0 Å². The highest BCUT2D eigenvalue weighted by Crippen LogP contribution is 2.45. The zero-order valence-electron chi connectivity index (χ0n) is 11.5. The average molecular weight is 304 g/mol. The molecule has 0 atom stereocenters. The molecule has 0 N–H and O–H groups in total. The van der Waals surface area contributed by atoms with Crippen LogP contribution in [0.25, 0.3) is 40.3 Å². The summed E-state index contributed by atoms with van der Waals surface area (Å²) < 4.78 is 5.70. The Morgan fingerprint density at radius 1 is 0.667 bits per heavy atom. The van der Waals surface area contributed by atoms with Crippen LogP contribution < -0.4 is 0 Å². The molecule has 0 spiro atoms. The summed E-state index contributed by atoms with van der Waals surface area (Å²) in [5.74, 6) is 0. The van der Waals surface area contributed by atoms with Crippen LogP contribution in [0.3, 0.4) is 0 Å². The van der Waals surface area contributed by atoms with Crippen molar-refractivity contribution in [3.05, 3.63) is 60.2 Å². The standard InChI is InChI=1S/C19H12S2/c1-11-6-7-14-16(8-11)20-19-15-9-12-4-2-3-5-13(12)10-17(15)21-18(14)19/h2-10H,1H3. The Bertz CT molecular complexity index is 1140. The number of benzene rings is 3. The Morgan fingerprint density at radius 2 is 1.33 bits per heavy atom. The Balaban J connectivity index is 2.00. The van der Waals surface area contributed by atoms with Gasteiger partial charge in [0.2, 0.25) is 0 Å². The first-order valence-corrected chi connectivity index (χ1v) is 8.67. The lowest BCUT2D eigenvalue weighted by atomic mass is 10.1. The van der Waals surface area contributed by atoms with E-state index >= 15 is 0 Å². The highest BCUT2D eigenvalue weighted by Gasteiger charge is 2.12. The fourth-order valence-corrected chi connectivity index (χ4v) is 5.82. The molecule has 0 aliphatic heterocycles. The molecule has 0 bridgehead atoms. The van der Waals surface area contributed by atoms with Crippen LogP contribution in [0.5, 0.6) is 0 Å². The Hall–Kier alpha value is -1.90. The summed E-state index contributed by atoms with van der Waals surface area (Å²) in [7, 11) is 0. The summed E-state index contributed by atoms with van der Waals surface area (Å²) in [6, 6.07) is 20.1. The third kappa shape index (κ3) is 1.60. The predicted octanol–water partition coefficient (Wildman–Crippen LogP) is 6.73. The maximum absolute atomic E-state index is 2.35. The van der Waals surface area contributed by atoms with Crippen LogP contribution in [0.4, 0.5) is 0 Å². The molecule has 21 heavy (non-hydrogen) atoms. The second-order valence-corrected chi connectivity index (χ2v) is 7.66. The Kier molecular flexibility index (Phi) is 2.27. The second kappa shape index (κ2) is 4.06. The first-order chi connectivity index (χ1) is 10.3. The van der Waals surface area contributed by atoms with Crippen molar-refractivity contribution >= 4 is 63.0 Å². The number of hydrogen-bond donors (Lipinski definition) is 0. The minimum Gasteiger partial charge on any atom is -0.134 e. The van der Waals surface area contributed by atoms with Gasteiger partial charge in [-0.25, -0.2) is 0 Å². The average Bonchev–Trinajstić information content (AvgIpc) is 3.00. The highest BCUT2D eigenvalue weighted by atomic mass is 32.1. The molecular weight excluding hydrogens is 292 g/mol. The van der Waals surface area contributed by atoms with Gasteiger partial charge in [0, 0.05) is 20.2 Å². The molecule has 0 radical (unpaired) electrons. The summed E-state index contributed by atoms with van der Waals surface area (Å²) in [4.78, 5) is 0. The predicted molar refractivity (Wildman–Crippen MR) is 97.0 cm³/mol. The van der Waals surface area contributed by atoms with Crippen LogP contribution >= 0.6 is 22.7 Å². The lowest BCUT2D eigenvalue weighted by molar-refractivity contribution is 1.52. The van der Waals surface area contributed by atoms with E-state index in [1.165, 1.54) is 45.9 Å². The summed E-state index contributed by atoms with van der Waals surface area (Å²) >= 11 is 3.86. The Labute approximate surface area is 130 Å². The number of hydrogen-bond acceptors (Lipinski definition) is 2. The minimum absolute atomic E-state index is 1.33. The number of fused-ring (bicyclic) bond motifs is 6. The fraction of sp³-hybridized carbons (Fsp3) is 0.0526. The SMILES string of the molecule is Cc1ccc2c(c1)sc1c3cc4ccccc4cc3sc21. The van der Waals surface area contributed by atoms with Gasteiger partial charge in [-0.05, 0) is 41.5 Å². The molecule has 3 aromatic carbocycles. The van der Waals surface area contributed by atoms with Crippen LogP contribution in [0.2, 0.25) is 0 Å². The van der Waals surface area contributed by atoms with Gasteiger partial charge in [-0.3, -0.25) is 0 Å². The summed E-state index contributed by atoms with van der Waals surface area (Å²) in [6.45, 7) is 2.17. The normalized spacial score (nSPS) is 12.0. The van der Waals surface area contributed by atoms with Gasteiger partial charge in [0.25, 0.3) is 0 Å².